The minimum absolute atomic E-state index is 0.115. The standard InChI is InChI=1S/C16H18N2OS/c1-11-9-12(4-7-15(11)17)16(19)18(13-5-6-13)10-14-3-2-8-20-14/h2-4,7-9,13H,5-6,10,17H2,1H3. The summed E-state index contributed by atoms with van der Waals surface area (Å²) in [7, 11) is 0. The second kappa shape index (κ2) is 5.29. The van der Waals surface area contributed by atoms with E-state index >= 15 is 0 Å². The first-order chi connectivity index (χ1) is 9.65. The fraction of sp³-hybridized carbons (Fsp3) is 0.312. The summed E-state index contributed by atoms with van der Waals surface area (Å²) in [6.45, 7) is 2.65. The van der Waals surface area contributed by atoms with Gasteiger partial charge in [0.2, 0.25) is 0 Å². The van der Waals surface area contributed by atoms with Crippen LogP contribution in [-0.2, 0) is 6.54 Å². The number of hydrogen-bond acceptors (Lipinski definition) is 3. The zero-order valence-corrected chi connectivity index (χ0v) is 12.3. The predicted octanol–water partition coefficient (Wildman–Crippen LogP) is 3.44. The van der Waals surface area contributed by atoms with Crippen LogP contribution in [0.5, 0.6) is 0 Å². The van der Waals surface area contributed by atoms with Crippen LogP contribution in [0.25, 0.3) is 0 Å². The molecule has 104 valence electrons. The zero-order chi connectivity index (χ0) is 14.1. The van der Waals surface area contributed by atoms with Crippen molar-refractivity contribution in [2.24, 2.45) is 0 Å². The van der Waals surface area contributed by atoms with E-state index in [1.807, 2.05) is 36.1 Å². The van der Waals surface area contributed by atoms with E-state index in [4.69, 9.17) is 5.73 Å². The predicted molar refractivity (Wildman–Crippen MR) is 82.8 cm³/mol. The Morgan fingerprint density at radius 3 is 2.80 bits per heavy atom. The molecule has 4 heteroatoms. The van der Waals surface area contributed by atoms with Gasteiger partial charge in [-0.1, -0.05) is 6.07 Å². The second-order valence-corrected chi connectivity index (χ2v) is 6.35. The van der Waals surface area contributed by atoms with E-state index in [1.54, 1.807) is 11.3 Å². The van der Waals surface area contributed by atoms with Gasteiger partial charge in [-0.3, -0.25) is 4.79 Å². The number of rotatable bonds is 4. The van der Waals surface area contributed by atoms with Gasteiger partial charge >= 0.3 is 0 Å². The lowest BCUT2D eigenvalue weighted by Gasteiger charge is -2.22. The molecular weight excluding hydrogens is 268 g/mol. The molecule has 0 aliphatic heterocycles. The third-order valence-corrected chi connectivity index (χ3v) is 4.53. The summed E-state index contributed by atoms with van der Waals surface area (Å²) in [4.78, 5) is 15.9. The van der Waals surface area contributed by atoms with Crippen molar-refractivity contribution in [2.75, 3.05) is 5.73 Å². The first-order valence-electron chi connectivity index (χ1n) is 6.84. The molecule has 0 spiro atoms. The number of aryl methyl sites for hydroxylation is 1. The van der Waals surface area contributed by atoms with Crippen LogP contribution in [0.4, 0.5) is 5.69 Å². The largest absolute Gasteiger partial charge is 0.399 e. The van der Waals surface area contributed by atoms with Crippen molar-refractivity contribution >= 4 is 22.9 Å². The van der Waals surface area contributed by atoms with Gasteiger partial charge in [-0.05, 0) is 55.0 Å². The number of thiophene rings is 1. The Hall–Kier alpha value is -1.81. The maximum atomic E-state index is 12.7. The molecule has 1 aliphatic rings. The summed E-state index contributed by atoms with van der Waals surface area (Å²) in [5, 5.41) is 2.05. The van der Waals surface area contributed by atoms with Crippen LogP contribution >= 0.6 is 11.3 Å². The lowest BCUT2D eigenvalue weighted by molar-refractivity contribution is 0.0731. The van der Waals surface area contributed by atoms with E-state index in [-0.39, 0.29) is 5.91 Å². The summed E-state index contributed by atoms with van der Waals surface area (Å²) in [6.07, 6.45) is 2.23. The van der Waals surface area contributed by atoms with Crippen LogP contribution in [-0.4, -0.2) is 16.8 Å². The van der Waals surface area contributed by atoms with Gasteiger partial charge in [0.15, 0.2) is 0 Å². The van der Waals surface area contributed by atoms with Crippen molar-refractivity contribution in [3.63, 3.8) is 0 Å². The van der Waals surface area contributed by atoms with E-state index in [1.165, 1.54) is 4.88 Å². The van der Waals surface area contributed by atoms with Crippen molar-refractivity contribution in [3.8, 4) is 0 Å². The lowest BCUT2D eigenvalue weighted by Crippen LogP contribution is -2.32. The normalized spacial score (nSPS) is 14.2. The van der Waals surface area contributed by atoms with Gasteiger partial charge in [0.25, 0.3) is 5.91 Å². The first kappa shape index (κ1) is 13.2. The van der Waals surface area contributed by atoms with E-state index < -0.39 is 0 Å². The molecule has 20 heavy (non-hydrogen) atoms. The Morgan fingerprint density at radius 2 is 2.20 bits per heavy atom. The molecule has 0 radical (unpaired) electrons. The molecule has 2 N–H and O–H groups in total. The van der Waals surface area contributed by atoms with Crippen LogP contribution < -0.4 is 5.73 Å². The zero-order valence-electron chi connectivity index (χ0n) is 11.5. The molecule has 2 aromatic rings. The average molecular weight is 286 g/mol. The number of nitrogens with zero attached hydrogens (tertiary/aromatic N) is 1. The van der Waals surface area contributed by atoms with Gasteiger partial charge in [0.05, 0.1) is 6.54 Å². The van der Waals surface area contributed by atoms with Gasteiger partial charge in [0, 0.05) is 22.2 Å². The number of nitrogens with two attached hydrogens (primary N) is 1. The Morgan fingerprint density at radius 1 is 1.40 bits per heavy atom. The number of anilines is 1. The van der Waals surface area contributed by atoms with Crippen molar-refractivity contribution in [3.05, 3.63) is 51.7 Å². The van der Waals surface area contributed by atoms with Crippen LogP contribution in [0, 0.1) is 6.92 Å². The molecule has 0 bridgehead atoms. The van der Waals surface area contributed by atoms with Gasteiger partial charge in [-0.25, -0.2) is 0 Å². The summed E-state index contributed by atoms with van der Waals surface area (Å²) in [5.74, 6) is 0.115. The first-order valence-corrected chi connectivity index (χ1v) is 7.72. The molecule has 1 aromatic heterocycles. The fourth-order valence-corrected chi connectivity index (χ4v) is 3.00. The van der Waals surface area contributed by atoms with Crippen molar-refractivity contribution < 1.29 is 4.79 Å². The fourth-order valence-electron chi connectivity index (χ4n) is 2.30. The van der Waals surface area contributed by atoms with E-state index in [9.17, 15) is 4.79 Å². The minimum atomic E-state index is 0.115. The maximum Gasteiger partial charge on any atom is 0.254 e. The average Bonchev–Trinajstić information content (AvgIpc) is 3.15. The SMILES string of the molecule is Cc1cc(C(=O)N(Cc2cccs2)C2CC2)ccc1N. The minimum Gasteiger partial charge on any atom is -0.399 e. The number of carbonyl (C=O) groups excluding carboxylic acids is 1. The third-order valence-electron chi connectivity index (χ3n) is 3.67. The highest BCUT2D eigenvalue weighted by Gasteiger charge is 2.33. The third kappa shape index (κ3) is 2.70. The van der Waals surface area contributed by atoms with Crippen LogP contribution in [0.15, 0.2) is 35.7 Å². The quantitative estimate of drug-likeness (QED) is 0.875. The van der Waals surface area contributed by atoms with Crippen LogP contribution in [0.3, 0.4) is 0 Å². The Labute approximate surface area is 123 Å². The molecular formula is C16H18N2OS. The molecule has 3 rings (SSSR count). The Balaban J connectivity index is 1.83. The van der Waals surface area contributed by atoms with Gasteiger partial charge < -0.3 is 10.6 Å². The number of nitrogen functional groups attached to an aromatic ring is 1. The molecule has 1 saturated carbocycles. The van der Waals surface area contributed by atoms with Gasteiger partial charge in [-0.15, -0.1) is 11.3 Å². The molecule has 0 saturated heterocycles. The molecule has 1 amide bonds. The topological polar surface area (TPSA) is 46.3 Å². The number of amides is 1. The van der Waals surface area contributed by atoms with E-state index in [2.05, 4.69) is 11.4 Å². The molecule has 1 aliphatic carbocycles. The highest BCUT2D eigenvalue weighted by atomic mass is 32.1. The molecule has 0 atom stereocenters. The monoisotopic (exact) mass is 286 g/mol. The second-order valence-electron chi connectivity index (χ2n) is 5.31. The summed E-state index contributed by atoms with van der Waals surface area (Å²) < 4.78 is 0. The van der Waals surface area contributed by atoms with Crippen LogP contribution in [0.1, 0.15) is 33.6 Å². The number of benzene rings is 1. The van der Waals surface area contributed by atoms with Crippen molar-refractivity contribution in [1.82, 2.24) is 4.90 Å². The smallest absolute Gasteiger partial charge is 0.254 e. The highest BCUT2D eigenvalue weighted by Crippen LogP contribution is 2.31. The summed E-state index contributed by atoms with van der Waals surface area (Å²) in [5.41, 5.74) is 8.25. The van der Waals surface area contributed by atoms with Crippen molar-refractivity contribution in [1.29, 1.82) is 0 Å². The number of hydrogen-bond donors (Lipinski definition) is 1. The maximum absolute atomic E-state index is 12.7. The van der Waals surface area contributed by atoms with Gasteiger partial charge in [-0.2, -0.15) is 0 Å². The van der Waals surface area contributed by atoms with E-state index in [0.29, 0.717) is 12.6 Å². The molecule has 0 unspecified atom stereocenters. The van der Waals surface area contributed by atoms with Gasteiger partial charge in [0.1, 0.15) is 0 Å². The number of carbonyl (C=O) groups is 1. The molecule has 1 aromatic carbocycles. The van der Waals surface area contributed by atoms with Crippen molar-refractivity contribution in [2.45, 2.75) is 32.4 Å². The molecule has 1 heterocycles. The Kier molecular flexibility index (Phi) is 3.49. The summed E-state index contributed by atoms with van der Waals surface area (Å²) in [6, 6.07) is 10.1. The summed E-state index contributed by atoms with van der Waals surface area (Å²) >= 11 is 1.70. The highest BCUT2D eigenvalue weighted by molar-refractivity contribution is 7.09. The lowest BCUT2D eigenvalue weighted by atomic mass is 10.1. The van der Waals surface area contributed by atoms with E-state index in [0.717, 1.165) is 29.7 Å². The van der Waals surface area contributed by atoms with Crippen LogP contribution in [0.2, 0.25) is 0 Å². The molecule has 3 nitrogen and oxygen atoms in total. The molecule has 1 fully saturated rings. The Bertz CT molecular complexity index is 617.